The van der Waals surface area contributed by atoms with Crippen LogP contribution in [0.3, 0.4) is 0 Å². The lowest BCUT2D eigenvalue weighted by atomic mass is 10.1. The van der Waals surface area contributed by atoms with Gasteiger partial charge in [0.25, 0.3) is 0 Å². The quantitative estimate of drug-likeness (QED) is 0.200. The van der Waals surface area contributed by atoms with Crippen LogP contribution in [0.5, 0.6) is 5.75 Å². The highest BCUT2D eigenvalue weighted by Crippen LogP contribution is 2.16. The van der Waals surface area contributed by atoms with Crippen molar-refractivity contribution in [3.05, 3.63) is 59.2 Å². The van der Waals surface area contributed by atoms with Crippen LogP contribution in [0.4, 0.5) is 0 Å². The summed E-state index contributed by atoms with van der Waals surface area (Å²) in [6.07, 6.45) is 2.07. The van der Waals surface area contributed by atoms with Crippen LogP contribution in [-0.2, 0) is 27.7 Å². The molecule has 0 spiro atoms. The number of rotatable bonds is 10. The Labute approximate surface area is 202 Å². The molecule has 2 aromatic carbocycles. The number of hydrogen-bond donors (Lipinski definition) is 2. The van der Waals surface area contributed by atoms with E-state index < -0.39 is 9.84 Å². The Morgan fingerprint density at radius 2 is 1.71 bits per heavy atom. The predicted octanol–water partition coefficient (Wildman–Crippen LogP) is 3.30. The van der Waals surface area contributed by atoms with Gasteiger partial charge in [-0.1, -0.05) is 24.3 Å². The third kappa shape index (κ3) is 9.44. The maximum absolute atomic E-state index is 11.7. The van der Waals surface area contributed by atoms with E-state index in [1.54, 1.807) is 27.1 Å². The molecule has 172 valence electrons. The van der Waals surface area contributed by atoms with Crippen LogP contribution in [0.2, 0.25) is 0 Å². The molecule has 0 unspecified atom stereocenters. The summed E-state index contributed by atoms with van der Waals surface area (Å²) in [4.78, 5) is 4.60. The van der Waals surface area contributed by atoms with E-state index in [-0.39, 0.29) is 24.0 Å². The van der Waals surface area contributed by atoms with Gasteiger partial charge in [-0.3, -0.25) is 4.99 Å². The van der Waals surface area contributed by atoms with Gasteiger partial charge in [-0.15, -0.1) is 24.0 Å². The number of benzene rings is 2. The maximum Gasteiger partial charge on any atom is 0.191 e. The Bertz CT molecular complexity index is 965. The fraction of sp³-hybridized carbons (Fsp3) is 0.409. The van der Waals surface area contributed by atoms with Gasteiger partial charge in [0.05, 0.1) is 11.5 Å². The molecule has 9 heteroatoms. The Morgan fingerprint density at radius 1 is 1.03 bits per heavy atom. The van der Waals surface area contributed by atoms with E-state index in [0.717, 1.165) is 28.9 Å². The third-order valence-corrected chi connectivity index (χ3v) is 5.70. The molecule has 2 N–H and O–H groups in total. The number of guanidine groups is 1. The summed E-state index contributed by atoms with van der Waals surface area (Å²) < 4.78 is 34.3. The summed E-state index contributed by atoms with van der Waals surface area (Å²) in [5.74, 6) is 1.49. The van der Waals surface area contributed by atoms with Gasteiger partial charge in [0.15, 0.2) is 15.8 Å². The average Bonchev–Trinajstić information content (AvgIpc) is 2.71. The molecule has 0 aliphatic carbocycles. The number of aliphatic imine (C=N–C) groups is 1. The van der Waals surface area contributed by atoms with Crippen molar-refractivity contribution >= 4 is 39.8 Å². The Kier molecular flexibility index (Phi) is 11.9. The molecule has 0 fully saturated rings. The van der Waals surface area contributed by atoms with Crippen molar-refractivity contribution in [3.63, 3.8) is 0 Å². The highest BCUT2D eigenvalue weighted by atomic mass is 127. The largest absolute Gasteiger partial charge is 0.493 e. The number of sulfone groups is 1. The van der Waals surface area contributed by atoms with Gasteiger partial charge in [0.1, 0.15) is 5.75 Å². The Morgan fingerprint density at radius 3 is 2.29 bits per heavy atom. The summed E-state index contributed by atoms with van der Waals surface area (Å²) in [5, 5.41) is 6.53. The zero-order chi connectivity index (χ0) is 22.0. The third-order valence-electron chi connectivity index (χ3n) is 4.44. The first kappa shape index (κ1) is 27.2. The number of methoxy groups -OCH3 is 1. The molecule has 0 atom stereocenters. The van der Waals surface area contributed by atoms with Crippen LogP contribution in [0.25, 0.3) is 0 Å². The average molecular weight is 561 g/mol. The van der Waals surface area contributed by atoms with Crippen LogP contribution < -0.4 is 15.4 Å². The summed E-state index contributed by atoms with van der Waals surface area (Å²) in [6, 6.07) is 13.3. The van der Waals surface area contributed by atoms with Crippen molar-refractivity contribution in [3.8, 4) is 5.75 Å². The van der Waals surface area contributed by atoms with Gasteiger partial charge in [-0.25, -0.2) is 8.42 Å². The van der Waals surface area contributed by atoms with Crippen molar-refractivity contribution in [1.29, 1.82) is 0 Å². The second-order valence-electron chi connectivity index (χ2n) is 6.99. The molecule has 0 bridgehead atoms. The lowest BCUT2D eigenvalue weighted by Crippen LogP contribution is -2.36. The van der Waals surface area contributed by atoms with Crippen LogP contribution in [-0.4, -0.2) is 48.0 Å². The molecular formula is C22H32IN3O4S. The molecule has 0 saturated heterocycles. The molecule has 0 aromatic heterocycles. The minimum Gasteiger partial charge on any atom is -0.493 e. The maximum atomic E-state index is 11.7. The smallest absolute Gasteiger partial charge is 0.191 e. The van der Waals surface area contributed by atoms with Crippen LogP contribution in [0.1, 0.15) is 23.1 Å². The molecule has 0 aliphatic heterocycles. The van der Waals surface area contributed by atoms with Gasteiger partial charge in [0, 0.05) is 46.5 Å². The SMILES string of the molecule is CN=C(NCc1cccc(OCCCOC)c1)NCc1ccc(S(C)(=O)=O)c(C)c1.I. The molecule has 31 heavy (non-hydrogen) atoms. The number of halogens is 1. The zero-order valence-electron chi connectivity index (χ0n) is 18.5. The Hall–Kier alpha value is -1.85. The molecular weight excluding hydrogens is 529 g/mol. The van der Waals surface area contributed by atoms with E-state index >= 15 is 0 Å². The molecule has 7 nitrogen and oxygen atoms in total. The highest BCUT2D eigenvalue weighted by Gasteiger charge is 2.11. The monoisotopic (exact) mass is 561 g/mol. The molecule has 0 radical (unpaired) electrons. The van der Waals surface area contributed by atoms with E-state index in [0.29, 0.717) is 37.2 Å². The van der Waals surface area contributed by atoms with Crippen molar-refractivity contribution < 1.29 is 17.9 Å². The normalized spacial score (nSPS) is 11.5. The summed E-state index contributed by atoms with van der Waals surface area (Å²) in [5.41, 5.74) is 2.80. The number of hydrogen-bond acceptors (Lipinski definition) is 5. The molecule has 0 aliphatic rings. The number of ether oxygens (including phenoxy) is 2. The number of aryl methyl sites for hydroxylation is 1. The molecule has 2 aromatic rings. The van der Waals surface area contributed by atoms with Gasteiger partial charge in [-0.05, 0) is 41.8 Å². The van der Waals surface area contributed by atoms with E-state index in [1.807, 2.05) is 36.4 Å². The first-order chi connectivity index (χ1) is 14.3. The summed E-state index contributed by atoms with van der Waals surface area (Å²) >= 11 is 0. The number of nitrogens with zero attached hydrogens (tertiary/aromatic N) is 1. The minimum absolute atomic E-state index is 0. The first-order valence-electron chi connectivity index (χ1n) is 9.78. The van der Waals surface area contributed by atoms with Crippen LogP contribution in [0.15, 0.2) is 52.4 Å². The van der Waals surface area contributed by atoms with Gasteiger partial charge >= 0.3 is 0 Å². The summed E-state index contributed by atoms with van der Waals surface area (Å²) in [7, 11) is 0.180. The summed E-state index contributed by atoms with van der Waals surface area (Å²) in [6.45, 7) is 4.23. The van der Waals surface area contributed by atoms with E-state index in [2.05, 4.69) is 15.6 Å². The van der Waals surface area contributed by atoms with Crippen molar-refractivity contribution in [2.24, 2.45) is 4.99 Å². The predicted molar refractivity (Wildman–Crippen MR) is 135 cm³/mol. The second-order valence-corrected chi connectivity index (χ2v) is 8.98. The standard InChI is InChI=1S/C22H31N3O4S.HI/c1-17-13-19(9-10-21(17)30(4,26)27)16-25-22(23-2)24-15-18-7-5-8-20(14-18)29-12-6-11-28-3;/h5,7-10,13-14H,6,11-12,15-16H2,1-4H3,(H2,23,24,25);1H. The molecule has 0 heterocycles. The first-order valence-corrected chi connectivity index (χ1v) is 11.7. The lowest BCUT2D eigenvalue weighted by Gasteiger charge is -2.14. The van der Waals surface area contributed by atoms with Crippen molar-refractivity contribution in [2.45, 2.75) is 31.3 Å². The zero-order valence-corrected chi connectivity index (χ0v) is 21.6. The minimum atomic E-state index is -3.21. The van der Waals surface area contributed by atoms with Gasteiger partial charge in [-0.2, -0.15) is 0 Å². The fourth-order valence-corrected chi connectivity index (χ4v) is 3.93. The second kappa shape index (κ2) is 13.5. The van der Waals surface area contributed by atoms with E-state index in [1.165, 1.54) is 6.26 Å². The van der Waals surface area contributed by atoms with Crippen LogP contribution >= 0.6 is 24.0 Å². The molecule has 0 saturated carbocycles. The molecule has 0 amide bonds. The topological polar surface area (TPSA) is 89.0 Å². The highest BCUT2D eigenvalue weighted by molar-refractivity contribution is 14.0. The van der Waals surface area contributed by atoms with Crippen molar-refractivity contribution in [1.82, 2.24) is 10.6 Å². The Balaban J connectivity index is 0.00000480. The lowest BCUT2D eigenvalue weighted by molar-refractivity contribution is 0.172. The van der Waals surface area contributed by atoms with Crippen molar-refractivity contribution in [2.75, 3.05) is 33.6 Å². The number of nitrogens with one attached hydrogen (secondary N) is 2. The fourth-order valence-electron chi connectivity index (χ4n) is 2.97. The van der Waals surface area contributed by atoms with E-state index in [9.17, 15) is 8.42 Å². The molecule has 2 rings (SSSR count). The van der Waals surface area contributed by atoms with Crippen LogP contribution in [0, 0.1) is 6.92 Å². The van der Waals surface area contributed by atoms with Gasteiger partial charge < -0.3 is 20.1 Å². The van der Waals surface area contributed by atoms with E-state index in [4.69, 9.17) is 9.47 Å². The van der Waals surface area contributed by atoms with Gasteiger partial charge in [0.2, 0.25) is 0 Å².